The van der Waals surface area contributed by atoms with Gasteiger partial charge in [-0.3, -0.25) is 4.79 Å². The normalized spacial score (nSPS) is 17.2. The molecule has 25 heavy (non-hydrogen) atoms. The minimum Gasteiger partial charge on any atom is -0.381 e. The maximum atomic E-state index is 12.4. The Morgan fingerprint density at radius 2 is 1.96 bits per heavy atom. The lowest BCUT2D eigenvalue weighted by molar-refractivity contribution is -0.125. The first kappa shape index (κ1) is 21.7. The van der Waals surface area contributed by atoms with E-state index in [4.69, 9.17) is 10.5 Å². The van der Waals surface area contributed by atoms with Gasteiger partial charge in [-0.2, -0.15) is 0 Å². The van der Waals surface area contributed by atoms with Gasteiger partial charge in [0.2, 0.25) is 5.91 Å². The highest BCUT2D eigenvalue weighted by molar-refractivity contribution is 5.85. The molecule has 0 spiro atoms. The standard InChI is InChI=1S/C17H24N4O2.2ClH/c1-11(16-20-13-5-3-4-6-14(13)21(16)2)19-17(22)15(18)12-7-9-23-10-8-12;;/h3-6,11-12,15H,7-10,18H2,1-2H3,(H,19,22);2*1H. The zero-order valence-electron chi connectivity index (χ0n) is 14.5. The molecule has 2 atom stereocenters. The Morgan fingerprint density at radius 3 is 2.60 bits per heavy atom. The minimum absolute atomic E-state index is 0. The number of amides is 1. The summed E-state index contributed by atoms with van der Waals surface area (Å²) in [7, 11) is 1.96. The van der Waals surface area contributed by atoms with Crippen molar-refractivity contribution >= 4 is 41.8 Å². The molecule has 8 heteroatoms. The van der Waals surface area contributed by atoms with E-state index in [0.717, 1.165) is 29.7 Å². The van der Waals surface area contributed by atoms with Crippen molar-refractivity contribution in [3.05, 3.63) is 30.1 Å². The van der Waals surface area contributed by atoms with E-state index in [-0.39, 0.29) is 42.7 Å². The maximum Gasteiger partial charge on any atom is 0.237 e. The molecule has 1 aromatic carbocycles. The summed E-state index contributed by atoms with van der Waals surface area (Å²) < 4.78 is 7.34. The molecule has 1 aliphatic heterocycles. The number of carbonyl (C=O) groups is 1. The first-order valence-electron chi connectivity index (χ1n) is 8.13. The predicted molar refractivity (Wildman–Crippen MR) is 103 cm³/mol. The summed E-state index contributed by atoms with van der Waals surface area (Å²) >= 11 is 0. The predicted octanol–water partition coefficient (Wildman–Crippen LogP) is 2.35. The Kier molecular flexibility index (Phi) is 8.15. The van der Waals surface area contributed by atoms with E-state index in [1.165, 1.54) is 0 Å². The number of ether oxygens (including phenoxy) is 1. The van der Waals surface area contributed by atoms with Crippen LogP contribution in [-0.2, 0) is 16.6 Å². The molecule has 1 amide bonds. The number of aryl methyl sites for hydroxylation is 1. The largest absolute Gasteiger partial charge is 0.381 e. The summed E-state index contributed by atoms with van der Waals surface area (Å²) in [5.74, 6) is 0.909. The Hall–Kier alpha value is -1.34. The van der Waals surface area contributed by atoms with Gasteiger partial charge >= 0.3 is 0 Å². The van der Waals surface area contributed by atoms with Gasteiger partial charge in [-0.05, 0) is 37.8 Å². The summed E-state index contributed by atoms with van der Waals surface area (Å²) in [6.07, 6.45) is 1.69. The number of hydrogen-bond donors (Lipinski definition) is 2. The van der Waals surface area contributed by atoms with Gasteiger partial charge in [-0.15, -0.1) is 24.8 Å². The number of imidazole rings is 1. The number of benzene rings is 1. The zero-order chi connectivity index (χ0) is 16.4. The fourth-order valence-corrected chi connectivity index (χ4v) is 3.21. The average molecular weight is 389 g/mol. The van der Waals surface area contributed by atoms with Gasteiger partial charge in [-0.1, -0.05) is 12.1 Å². The van der Waals surface area contributed by atoms with Crippen molar-refractivity contribution in [3.8, 4) is 0 Å². The quantitative estimate of drug-likeness (QED) is 0.841. The third kappa shape index (κ3) is 4.64. The van der Waals surface area contributed by atoms with E-state index in [0.29, 0.717) is 13.2 Å². The molecule has 6 nitrogen and oxygen atoms in total. The Labute approximate surface area is 160 Å². The lowest BCUT2D eigenvalue weighted by Crippen LogP contribution is -2.47. The molecular weight excluding hydrogens is 363 g/mol. The van der Waals surface area contributed by atoms with Crippen LogP contribution in [0.25, 0.3) is 11.0 Å². The number of nitrogens with zero attached hydrogens (tertiary/aromatic N) is 2. The molecule has 1 fully saturated rings. The second kappa shape index (κ2) is 9.38. The first-order chi connectivity index (χ1) is 11.1. The van der Waals surface area contributed by atoms with Crippen LogP contribution in [0.2, 0.25) is 0 Å². The van der Waals surface area contributed by atoms with E-state index in [9.17, 15) is 4.79 Å². The van der Waals surface area contributed by atoms with Crippen molar-refractivity contribution in [2.45, 2.75) is 31.8 Å². The van der Waals surface area contributed by atoms with Gasteiger partial charge in [0.15, 0.2) is 0 Å². The Bertz CT molecular complexity index is 701. The second-order valence-electron chi connectivity index (χ2n) is 6.22. The number of halogens is 2. The fourth-order valence-electron chi connectivity index (χ4n) is 3.21. The number of rotatable bonds is 4. The lowest BCUT2D eigenvalue weighted by atomic mass is 9.91. The molecule has 1 aliphatic rings. The molecule has 0 saturated carbocycles. The third-order valence-corrected chi connectivity index (χ3v) is 4.64. The van der Waals surface area contributed by atoms with Gasteiger partial charge in [-0.25, -0.2) is 4.98 Å². The summed E-state index contributed by atoms with van der Waals surface area (Å²) in [6, 6.07) is 7.26. The van der Waals surface area contributed by atoms with Crippen LogP contribution in [0, 0.1) is 5.92 Å². The molecule has 0 radical (unpaired) electrons. The van der Waals surface area contributed by atoms with Gasteiger partial charge in [0.05, 0.1) is 23.1 Å². The first-order valence-corrected chi connectivity index (χ1v) is 8.13. The molecular formula is C17H26Cl2N4O2. The molecule has 2 unspecified atom stereocenters. The summed E-state index contributed by atoms with van der Waals surface area (Å²) in [5.41, 5.74) is 8.12. The van der Waals surface area contributed by atoms with Crippen LogP contribution in [0.3, 0.4) is 0 Å². The number of nitrogens with two attached hydrogens (primary N) is 1. The SMILES string of the molecule is CC(NC(=O)C(N)C1CCOCC1)c1nc2ccccc2n1C.Cl.Cl. The van der Waals surface area contributed by atoms with Crippen LogP contribution in [-0.4, -0.2) is 34.7 Å². The molecule has 0 bridgehead atoms. The van der Waals surface area contributed by atoms with Crippen LogP contribution in [0.5, 0.6) is 0 Å². The number of hydrogen-bond acceptors (Lipinski definition) is 4. The summed E-state index contributed by atoms with van der Waals surface area (Å²) in [4.78, 5) is 17.1. The summed E-state index contributed by atoms with van der Waals surface area (Å²) in [5, 5.41) is 3.01. The average Bonchev–Trinajstić information content (AvgIpc) is 2.92. The number of nitrogens with one attached hydrogen (secondary N) is 1. The van der Waals surface area contributed by atoms with Crippen LogP contribution < -0.4 is 11.1 Å². The number of aromatic nitrogens is 2. The molecule has 140 valence electrons. The van der Waals surface area contributed by atoms with E-state index < -0.39 is 6.04 Å². The fraction of sp³-hybridized carbons (Fsp3) is 0.529. The maximum absolute atomic E-state index is 12.4. The van der Waals surface area contributed by atoms with Crippen LogP contribution in [0.15, 0.2) is 24.3 Å². The van der Waals surface area contributed by atoms with E-state index >= 15 is 0 Å². The van der Waals surface area contributed by atoms with Crippen LogP contribution in [0.1, 0.15) is 31.6 Å². The van der Waals surface area contributed by atoms with E-state index in [2.05, 4.69) is 10.3 Å². The molecule has 3 N–H and O–H groups in total. The van der Waals surface area contributed by atoms with Gasteiger partial charge in [0.25, 0.3) is 0 Å². The van der Waals surface area contributed by atoms with E-state index in [1.807, 2.05) is 42.8 Å². The zero-order valence-corrected chi connectivity index (χ0v) is 16.1. The van der Waals surface area contributed by atoms with Crippen molar-refractivity contribution in [1.29, 1.82) is 0 Å². The Morgan fingerprint density at radius 1 is 1.32 bits per heavy atom. The molecule has 1 saturated heterocycles. The van der Waals surface area contributed by atoms with Crippen molar-refractivity contribution in [1.82, 2.24) is 14.9 Å². The number of fused-ring (bicyclic) bond motifs is 1. The Balaban J connectivity index is 0.00000156. The number of para-hydroxylation sites is 2. The second-order valence-corrected chi connectivity index (χ2v) is 6.22. The highest BCUT2D eigenvalue weighted by atomic mass is 35.5. The van der Waals surface area contributed by atoms with E-state index in [1.54, 1.807) is 0 Å². The van der Waals surface area contributed by atoms with Crippen molar-refractivity contribution in [2.24, 2.45) is 18.7 Å². The number of carbonyl (C=O) groups excluding carboxylic acids is 1. The third-order valence-electron chi connectivity index (χ3n) is 4.64. The van der Waals surface area contributed by atoms with Crippen LogP contribution in [0.4, 0.5) is 0 Å². The van der Waals surface area contributed by atoms with Crippen molar-refractivity contribution in [2.75, 3.05) is 13.2 Å². The molecule has 0 aliphatic carbocycles. The lowest BCUT2D eigenvalue weighted by Gasteiger charge is -2.27. The smallest absolute Gasteiger partial charge is 0.237 e. The monoisotopic (exact) mass is 388 g/mol. The van der Waals surface area contributed by atoms with Gasteiger partial charge in [0.1, 0.15) is 5.82 Å². The topological polar surface area (TPSA) is 82.2 Å². The van der Waals surface area contributed by atoms with Crippen LogP contribution >= 0.6 is 24.8 Å². The molecule has 3 rings (SSSR count). The highest BCUT2D eigenvalue weighted by Crippen LogP contribution is 2.21. The minimum atomic E-state index is -0.490. The molecule has 1 aromatic heterocycles. The highest BCUT2D eigenvalue weighted by Gasteiger charge is 2.28. The van der Waals surface area contributed by atoms with Crippen molar-refractivity contribution < 1.29 is 9.53 Å². The van der Waals surface area contributed by atoms with Gasteiger partial charge < -0.3 is 20.4 Å². The van der Waals surface area contributed by atoms with Crippen molar-refractivity contribution in [3.63, 3.8) is 0 Å². The van der Waals surface area contributed by atoms with Gasteiger partial charge in [0, 0.05) is 20.3 Å². The summed E-state index contributed by atoms with van der Waals surface area (Å²) in [6.45, 7) is 3.31. The molecule has 2 aromatic rings. The molecule has 2 heterocycles.